The molecule has 0 amide bonds. The van der Waals surface area contributed by atoms with E-state index in [1.54, 1.807) is 17.8 Å². The molecule has 0 spiro atoms. The highest BCUT2D eigenvalue weighted by atomic mass is 35.5. The summed E-state index contributed by atoms with van der Waals surface area (Å²) < 4.78 is 15.4. The summed E-state index contributed by atoms with van der Waals surface area (Å²) in [6.07, 6.45) is 2.07. The fourth-order valence-electron chi connectivity index (χ4n) is 1.87. The average molecular weight is 287 g/mol. The molecule has 0 unspecified atom stereocenters. The highest BCUT2D eigenvalue weighted by molar-refractivity contribution is 7.99. The van der Waals surface area contributed by atoms with Crippen LogP contribution in [0.1, 0.15) is 19.7 Å². The zero-order valence-corrected chi connectivity index (χ0v) is 12.3. The predicted octanol–water partition coefficient (Wildman–Crippen LogP) is 4.06. The number of halogens is 2. The third kappa shape index (κ3) is 2.64. The topological polar surface area (TPSA) is 17.8 Å². The number of imidazole rings is 1. The Bertz CT molecular complexity index is 565. The van der Waals surface area contributed by atoms with Crippen LogP contribution in [0.2, 0.25) is 0 Å². The summed E-state index contributed by atoms with van der Waals surface area (Å²) >= 11 is 7.70. The lowest BCUT2D eigenvalue weighted by molar-refractivity contribution is 0.565. The normalized spacial score (nSPS) is 12.3. The lowest BCUT2D eigenvalue weighted by atomic mass is 10.2. The number of hydrogen-bond donors (Lipinski definition) is 0. The Morgan fingerprint density at radius 1 is 1.44 bits per heavy atom. The quantitative estimate of drug-likeness (QED) is 0.789. The van der Waals surface area contributed by atoms with Crippen LogP contribution in [0.5, 0.6) is 0 Å². The van der Waals surface area contributed by atoms with E-state index in [4.69, 9.17) is 11.6 Å². The summed E-state index contributed by atoms with van der Waals surface area (Å²) in [5.41, 5.74) is 1.61. The van der Waals surface area contributed by atoms with Gasteiger partial charge < -0.3 is 4.57 Å². The van der Waals surface area contributed by atoms with Crippen molar-refractivity contribution in [2.75, 3.05) is 6.26 Å². The zero-order valence-electron chi connectivity index (χ0n) is 10.7. The number of aromatic nitrogens is 2. The standard InChI is InChI=1S/C13H16ClFN2S/c1-13(2,18-3)8-17-11-6-9(15)4-5-10(11)16-12(17)7-14/h4-6H,7-8H2,1-3H3. The van der Waals surface area contributed by atoms with E-state index in [1.807, 2.05) is 4.57 Å². The van der Waals surface area contributed by atoms with E-state index in [1.165, 1.54) is 12.1 Å². The van der Waals surface area contributed by atoms with E-state index in [2.05, 4.69) is 25.1 Å². The van der Waals surface area contributed by atoms with Gasteiger partial charge in [-0.1, -0.05) is 0 Å². The van der Waals surface area contributed by atoms with Crippen LogP contribution in [-0.4, -0.2) is 20.6 Å². The molecule has 0 atom stereocenters. The Hall–Kier alpha value is -0.740. The Morgan fingerprint density at radius 2 is 2.17 bits per heavy atom. The minimum Gasteiger partial charge on any atom is -0.326 e. The SMILES string of the molecule is CSC(C)(C)Cn1c(CCl)nc2ccc(F)cc21. The number of thioether (sulfide) groups is 1. The molecule has 1 heterocycles. The van der Waals surface area contributed by atoms with Crippen molar-refractivity contribution >= 4 is 34.4 Å². The monoisotopic (exact) mass is 286 g/mol. The number of benzene rings is 1. The van der Waals surface area contributed by atoms with Crippen LogP contribution in [0.15, 0.2) is 18.2 Å². The number of nitrogens with zero attached hydrogens (tertiary/aromatic N) is 2. The maximum atomic E-state index is 13.4. The maximum absolute atomic E-state index is 13.4. The molecule has 2 aromatic rings. The van der Waals surface area contributed by atoms with Crippen molar-refractivity contribution in [2.45, 2.75) is 31.0 Å². The van der Waals surface area contributed by atoms with Crippen molar-refractivity contribution < 1.29 is 4.39 Å². The second kappa shape index (κ2) is 5.10. The molecule has 2 rings (SSSR count). The van der Waals surface area contributed by atoms with E-state index in [9.17, 15) is 4.39 Å². The molecule has 1 aromatic carbocycles. The van der Waals surface area contributed by atoms with Gasteiger partial charge in [0.25, 0.3) is 0 Å². The van der Waals surface area contributed by atoms with Gasteiger partial charge in [-0.3, -0.25) is 0 Å². The van der Waals surface area contributed by atoms with Gasteiger partial charge >= 0.3 is 0 Å². The molecule has 0 aliphatic heterocycles. The third-order valence-corrected chi connectivity index (χ3v) is 4.47. The molecule has 98 valence electrons. The molecule has 0 aliphatic rings. The van der Waals surface area contributed by atoms with Gasteiger partial charge in [0, 0.05) is 11.3 Å². The van der Waals surface area contributed by atoms with Gasteiger partial charge in [0.05, 0.1) is 16.9 Å². The van der Waals surface area contributed by atoms with Crippen LogP contribution in [0.4, 0.5) is 4.39 Å². The number of hydrogen-bond acceptors (Lipinski definition) is 2. The van der Waals surface area contributed by atoms with Crippen LogP contribution in [0, 0.1) is 5.82 Å². The fourth-order valence-corrected chi connectivity index (χ4v) is 2.33. The van der Waals surface area contributed by atoms with Crippen LogP contribution >= 0.6 is 23.4 Å². The first kappa shape index (κ1) is 13.7. The van der Waals surface area contributed by atoms with E-state index in [0.29, 0.717) is 5.88 Å². The van der Waals surface area contributed by atoms with Crippen LogP contribution in [-0.2, 0) is 12.4 Å². The molecule has 2 nitrogen and oxygen atoms in total. The molecule has 0 fully saturated rings. The molecule has 0 N–H and O–H groups in total. The predicted molar refractivity (Wildman–Crippen MR) is 76.8 cm³/mol. The van der Waals surface area contributed by atoms with Gasteiger partial charge in [-0.2, -0.15) is 11.8 Å². The first-order chi connectivity index (χ1) is 8.46. The first-order valence-corrected chi connectivity index (χ1v) is 7.48. The molecule has 0 bridgehead atoms. The van der Waals surface area contributed by atoms with Crippen molar-refractivity contribution in [1.29, 1.82) is 0 Å². The second-order valence-electron chi connectivity index (χ2n) is 4.84. The Kier molecular flexibility index (Phi) is 3.87. The van der Waals surface area contributed by atoms with E-state index in [0.717, 1.165) is 23.4 Å². The lowest BCUT2D eigenvalue weighted by Crippen LogP contribution is -2.23. The van der Waals surface area contributed by atoms with Crippen LogP contribution < -0.4 is 0 Å². The summed E-state index contributed by atoms with van der Waals surface area (Å²) in [6, 6.07) is 4.65. The molecule has 0 saturated carbocycles. The minimum atomic E-state index is -0.244. The highest BCUT2D eigenvalue weighted by Gasteiger charge is 2.20. The van der Waals surface area contributed by atoms with Gasteiger partial charge in [0.15, 0.2) is 0 Å². The Labute approximate surface area is 116 Å². The number of alkyl halides is 1. The molecule has 1 aromatic heterocycles. The van der Waals surface area contributed by atoms with Crippen molar-refractivity contribution in [2.24, 2.45) is 0 Å². The summed E-state index contributed by atoms with van der Waals surface area (Å²) in [5, 5.41) is 0. The first-order valence-electron chi connectivity index (χ1n) is 5.72. The average Bonchev–Trinajstić information content (AvgIpc) is 2.67. The van der Waals surface area contributed by atoms with Gasteiger partial charge in [-0.15, -0.1) is 11.6 Å². The second-order valence-corrected chi connectivity index (χ2v) is 6.63. The molecule has 5 heteroatoms. The largest absolute Gasteiger partial charge is 0.326 e. The van der Waals surface area contributed by atoms with Crippen molar-refractivity contribution in [1.82, 2.24) is 9.55 Å². The smallest absolute Gasteiger partial charge is 0.125 e. The number of fused-ring (bicyclic) bond motifs is 1. The third-order valence-electron chi connectivity index (χ3n) is 3.00. The van der Waals surface area contributed by atoms with Crippen molar-refractivity contribution in [3.63, 3.8) is 0 Å². The molecule has 0 aliphatic carbocycles. The summed E-state index contributed by atoms with van der Waals surface area (Å²) in [7, 11) is 0. The Morgan fingerprint density at radius 3 is 2.78 bits per heavy atom. The van der Waals surface area contributed by atoms with Crippen molar-refractivity contribution in [3.05, 3.63) is 29.8 Å². The van der Waals surface area contributed by atoms with Gasteiger partial charge in [-0.25, -0.2) is 9.37 Å². The van der Waals surface area contributed by atoms with Crippen LogP contribution in [0.3, 0.4) is 0 Å². The maximum Gasteiger partial charge on any atom is 0.125 e. The van der Waals surface area contributed by atoms with E-state index >= 15 is 0 Å². The van der Waals surface area contributed by atoms with Gasteiger partial charge in [-0.05, 0) is 38.3 Å². The molecular formula is C13H16ClFN2S. The lowest BCUT2D eigenvalue weighted by Gasteiger charge is -2.23. The fraction of sp³-hybridized carbons (Fsp3) is 0.462. The molecular weight excluding hydrogens is 271 g/mol. The van der Waals surface area contributed by atoms with E-state index < -0.39 is 0 Å². The van der Waals surface area contributed by atoms with Crippen molar-refractivity contribution in [3.8, 4) is 0 Å². The van der Waals surface area contributed by atoms with Gasteiger partial charge in [0.1, 0.15) is 11.6 Å². The summed E-state index contributed by atoms with van der Waals surface area (Å²) in [6.45, 7) is 5.07. The summed E-state index contributed by atoms with van der Waals surface area (Å²) in [5.74, 6) is 0.881. The van der Waals surface area contributed by atoms with Crippen LogP contribution in [0.25, 0.3) is 11.0 Å². The molecule has 0 radical (unpaired) electrons. The molecule has 0 saturated heterocycles. The molecule has 18 heavy (non-hydrogen) atoms. The zero-order chi connectivity index (χ0) is 13.3. The Balaban J connectivity index is 2.55. The van der Waals surface area contributed by atoms with Gasteiger partial charge in [0.2, 0.25) is 0 Å². The minimum absolute atomic E-state index is 0.0563. The van der Waals surface area contributed by atoms with E-state index in [-0.39, 0.29) is 10.6 Å². The summed E-state index contributed by atoms with van der Waals surface area (Å²) in [4.78, 5) is 4.45. The number of rotatable bonds is 4. The highest BCUT2D eigenvalue weighted by Crippen LogP contribution is 2.27.